The standard InChI is InChI=1S/C50H51FN10O7/c1-57-28-40(34-4-3-7-41(37(34)29-62)60-16-14-31-24-32(30-8-9-30)25-38(51)45(31)49(60)66)54-46(50(57)67)55-43-12-10-33(26-53-43)59-19-17-58(18-20-59)21-23-68-22-15-52-39-6-2-5-35-36(39)27-61(48(35)65)42-11-13-44(63)56-47(42)64/h2-7,10,12,14,16,24-26,28,30,42,52,62H,8-9,11,13,15,17-23,27,29H2,1H3,(H,53,54,55)(H,56,63,64). The number of piperidine rings is 1. The van der Waals surface area contributed by atoms with Gasteiger partial charge in [-0.3, -0.25) is 38.8 Å². The van der Waals surface area contributed by atoms with Crippen molar-refractivity contribution >= 4 is 51.5 Å². The predicted molar refractivity (Wildman–Crippen MR) is 254 cm³/mol. The highest BCUT2D eigenvalue weighted by molar-refractivity contribution is 6.06. The molecule has 3 fully saturated rings. The van der Waals surface area contributed by atoms with Gasteiger partial charge in [0.05, 0.1) is 48.5 Å². The summed E-state index contributed by atoms with van der Waals surface area (Å²) in [5.41, 5.74) is 4.79. The number of ether oxygens (including phenoxy) is 1. The quantitative estimate of drug-likeness (QED) is 0.0837. The molecule has 4 aliphatic rings. The highest BCUT2D eigenvalue weighted by Crippen LogP contribution is 2.41. The fourth-order valence-electron chi connectivity index (χ4n) is 9.52. The average Bonchev–Trinajstić information content (AvgIpc) is 4.15. The number of hydrogen-bond donors (Lipinski definition) is 4. The molecule has 10 rings (SSSR count). The van der Waals surface area contributed by atoms with E-state index in [0.29, 0.717) is 77.9 Å². The Morgan fingerprint density at radius 2 is 1.72 bits per heavy atom. The Morgan fingerprint density at radius 3 is 2.49 bits per heavy atom. The number of carbonyl (C=O) groups is 3. The minimum atomic E-state index is -0.659. The summed E-state index contributed by atoms with van der Waals surface area (Å²) in [6.45, 7) is 5.48. The zero-order valence-electron chi connectivity index (χ0n) is 37.5. The molecule has 3 aromatic carbocycles. The lowest BCUT2D eigenvalue weighted by molar-refractivity contribution is -0.136. The lowest BCUT2D eigenvalue weighted by Crippen LogP contribution is -2.52. The summed E-state index contributed by atoms with van der Waals surface area (Å²) in [4.78, 5) is 79.8. The minimum Gasteiger partial charge on any atom is -0.392 e. The maximum absolute atomic E-state index is 15.4. The van der Waals surface area contributed by atoms with E-state index < -0.39 is 29.9 Å². The average molecular weight is 923 g/mol. The smallest absolute Gasteiger partial charge is 0.293 e. The Labute approximate surface area is 390 Å². The molecule has 3 aliphatic heterocycles. The number of aliphatic hydroxyl groups is 1. The van der Waals surface area contributed by atoms with Crippen LogP contribution >= 0.6 is 0 Å². The first kappa shape index (κ1) is 44.6. The molecular weight excluding hydrogens is 872 g/mol. The van der Waals surface area contributed by atoms with E-state index in [9.17, 15) is 29.1 Å². The molecule has 6 heterocycles. The summed E-state index contributed by atoms with van der Waals surface area (Å²) in [6.07, 6.45) is 7.48. The summed E-state index contributed by atoms with van der Waals surface area (Å²) in [6, 6.07) is 18.8. The van der Waals surface area contributed by atoms with Gasteiger partial charge >= 0.3 is 0 Å². The van der Waals surface area contributed by atoms with Gasteiger partial charge in [-0.2, -0.15) is 0 Å². The second-order valence-corrected chi connectivity index (χ2v) is 17.7. The molecule has 0 bridgehead atoms. The Hall–Kier alpha value is -7.28. The van der Waals surface area contributed by atoms with Crippen LogP contribution < -0.4 is 32.0 Å². The molecule has 0 radical (unpaired) electrons. The van der Waals surface area contributed by atoms with Crippen LogP contribution in [-0.4, -0.2) is 110 Å². The number of fused-ring (bicyclic) bond motifs is 2. The van der Waals surface area contributed by atoms with Crippen molar-refractivity contribution in [2.24, 2.45) is 7.05 Å². The van der Waals surface area contributed by atoms with E-state index in [1.165, 1.54) is 15.2 Å². The van der Waals surface area contributed by atoms with Gasteiger partial charge in [0.1, 0.15) is 17.7 Å². The molecule has 2 saturated heterocycles. The predicted octanol–water partition coefficient (Wildman–Crippen LogP) is 4.41. The molecule has 1 saturated carbocycles. The van der Waals surface area contributed by atoms with Gasteiger partial charge < -0.3 is 34.8 Å². The zero-order chi connectivity index (χ0) is 47.1. The third kappa shape index (κ3) is 8.85. The molecular formula is C50H51FN10O7. The monoisotopic (exact) mass is 922 g/mol. The van der Waals surface area contributed by atoms with Gasteiger partial charge in [-0.15, -0.1) is 0 Å². The molecule has 3 amide bonds. The summed E-state index contributed by atoms with van der Waals surface area (Å²) in [5.74, 6) is -0.729. The van der Waals surface area contributed by atoms with Gasteiger partial charge in [-0.05, 0) is 78.6 Å². The fraction of sp³-hybridized carbons (Fsp3) is 0.340. The number of pyridine rings is 2. The third-order valence-corrected chi connectivity index (χ3v) is 13.4. The number of aryl methyl sites for hydroxylation is 1. The summed E-state index contributed by atoms with van der Waals surface area (Å²) < 4.78 is 24.1. The van der Waals surface area contributed by atoms with Crippen LogP contribution in [0.3, 0.4) is 0 Å². The molecule has 6 aromatic rings. The number of halogens is 1. The van der Waals surface area contributed by atoms with E-state index in [-0.39, 0.29) is 35.0 Å². The fourth-order valence-corrected chi connectivity index (χ4v) is 9.52. The number of nitrogens with one attached hydrogen (secondary N) is 3. The van der Waals surface area contributed by atoms with Crippen molar-refractivity contribution < 1.29 is 28.6 Å². The minimum absolute atomic E-state index is 0.0132. The van der Waals surface area contributed by atoms with Crippen molar-refractivity contribution in [3.8, 4) is 16.9 Å². The largest absolute Gasteiger partial charge is 0.392 e. The van der Waals surface area contributed by atoms with Crippen molar-refractivity contribution in [3.05, 3.63) is 134 Å². The molecule has 68 heavy (non-hydrogen) atoms. The lowest BCUT2D eigenvalue weighted by atomic mass is 10.0. The van der Waals surface area contributed by atoms with Crippen molar-refractivity contribution in [1.82, 2.24) is 34.2 Å². The molecule has 4 N–H and O–H groups in total. The number of nitrogens with zero attached hydrogens (tertiary/aromatic N) is 7. The van der Waals surface area contributed by atoms with Crippen LogP contribution in [0.2, 0.25) is 0 Å². The van der Waals surface area contributed by atoms with Crippen LogP contribution in [0.4, 0.5) is 27.4 Å². The number of piperazine rings is 1. The summed E-state index contributed by atoms with van der Waals surface area (Å²) >= 11 is 0. The number of rotatable bonds is 15. The van der Waals surface area contributed by atoms with Crippen LogP contribution in [0.15, 0.2) is 94.9 Å². The molecule has 1 unspecified atom stereocenters. The van der Waals surface area contributed by atoms with E-state index in [1.54, 1.807) is 66.9 Å². The van der Waals surface area contributed by atoms with E-state index >= 15 is 4.39 Å². The number of anilines is 4. The van der Waals surface area contributed by atoms with Gasteiger partial charge in [-0.1, -0.05) is 24.3 Å². The maximum Gasteiger partial charge on any atom is 0.293 e. The van der Waals surface area contributed by atoms with Crippen molar-refractivity contribution in [1.29, 1.82) is 0 Å². The van der Waals surface area contributed by atoms with Crippen LogP contribution in [0.25, 0.3) is 27.7 Å². The number of benzene rings is 3. The van der Waals surface area contributed by atoms with E-state index in [0.717, 1.165) is 68.1 Å². The third-order valence-electron chi connectivity index (χ3n) is 13.4. The lowest BCUT2D eigenvalue weighted by Gasteiger charge is -2.35. The normalized spacial score (nSPS) is 17.5. The molecule has 3 aromatic heterocycles. The van der Waals surface area contributed by atoms with Crippen LogP contribution in [0.1, 0.15) is 58.6 Å². The number of imide groups is 1. The van der Waals surface area contributed by atoms with Crippen molar-refractivity contribution in [2.45, 2.75) is 50.8 Å². The highest BCUT2D eigenvalue weighted by atomic mass is 19.1. The van der Waals surface area contributed by atoms with Gasteiger partial charge in [0.25, 0.3) is 17.0 Å². The zero-order valence-corrected chi connectivity index (χ0v) is 37.5. The maximum atomic E-state index is 15.4. The summed E-state index contributed by atoms with van der Waals surface area (Å²) in [5, 5.41) is 20.0. The second kappa shape index (κ2) is 18.8. The molecule has 0 spiro atoms. The van der Waals surface area contributed by atoms with Gasteiger partial charge in [0.2, 0.25) is 11.8 Å². The van der Waals surface area contributed by atoms with Crippen molar-refractivity contribution in [3.63, 3.8) is 0 Å². The number of amides is 3. The Kier molecular flexibility index (Phi) is 12.3. The van der Waals surface area contributed by atoms with E-state index in [2.05, 4.69) is 35.7 Å². The van der Waals surface area contributed by atoms with Gasteiger partial charge in [0, 0.05) is 99.6 Å². The first-order chi connectivity index (χ1) is 33.0. The van der Waals surface area contributed by atoms with E-state index in [4.69, 9.17) is 4.74 Å². The number of aliphatic hydroxyl groups excluding tert-OH is 1. The Balaban J connectivity index is 0.718. The van der Waals surface area contributed by atoms with E-state index in [1.807, 2.05) is 24.3 Å². The van der Waals surface area contributed by atoms with Crippen LogP contribution in [-0.2, 0) is 34.5 Å². The van der Waals surface area contributed by atoms with Gasteiger partial charge in [0.15, 0.2) is 5.82 Å². The molecule has 1 aliphatic carbocycles. The SMILES string of the molecule is Cn1cc(-c2cccc(-n3ccc4cc(C5CC5)cc(F)c4c3=O)c2CO)nc(Nc2ccc(N3CCN(CCOCCNc4cccc5c4CN(C4CCC(=O)NC4=O)C5=O)CC3)cn2)c1=O. The van der Waals surface area contributed by atoms with Crippen molar-refractivity contribution in [2.75, 3.05) is 68.0 Å². The number of carbonyl (C=O) groups excluding carboxylic acids is 3. The highest BCUT2D eigenvalue weighted by Gasteiger charge is 2.40. The first-order valence-electron chi connectivity index (χ1n) is 23.0. The van der Waals surface area contributed by atoms with Crippen LogP contribution in [0, 0.1) is 5.82 Å². The second-order valence-electron chi connectivity index (χ2n) is 17.7. The number of hydrogen-bond acceptors (Lipinski definition) is 13. The van der Waals surface area contributed by atoms with Gasteiger partial charge in [-0.25, -0.2) is 14.4 Å². The summed E-state index contributed by atoms with van der Waals surface area (Å²) in [7, 11) is 1.61. The molecule has 350 valence electrons. The number of aromatic nitrogens is 4. The molecule has 18 heteroatoms. The molecule has 17 nitrogen and oxygen atoms in total. The molecule has 1 atom stereocenters. The topological polar surface area (TPSA) is 196 Å². The van der Waals surface area contributed by atoms with Crippen LogP contribution in [0.5, 0.6) is 0 Å². The first-order valence-corrected chi connectivity index (χ1v) is 23.0. The Bertz CT molecular complexity index is 3070. The Morgan fingerprint density at radius 1 is 0.912 bits per heavy atom.